The number of carbonyl (C=O) groups excluding carboxylic acids is 1. The van der Waals surface area contributed by atoms with Gasteiger partial charge in [-0.1, -0.05) is 0 Å². The molecule has 2 heterocycles. The quantitative estimate of drug-likeness (QED) is 0.672. The first-order valence-electron chi connectivity index (χ1n) is 7.06. The first-order chi connectivity index (χ1) is 12.0. The average molecular weight is 359 g/mol. The van der Waals surface area contributed by atoms with E-state index in [1.807, 2.05) is 0 Å². The Morgan fingerprint density at radius 1 is 1.12 bits per heavy atom. The highest BCUT2D eigenvalue weighted by Crippen LogP contribution is 2.24. The number of furan rings is 1. The van der Waals surface area contributed by atoms with Gasteiger partial charge in [0.05, 0.1) is 12.0 Å². The number of carbonyl (C=O) groups is 1. The summed E-state index contributed by atoms with van der Waals surface area (Å²) in [6, 6.07) is 10.6. The highest BCUT2D eigenvalue weighted by atomic mass is 32.2. The Balaban J connectivity index is 1.83. The molecule has 25 heavy (non-hydrogen) atoms. The fourth-order valence-corrected chi connectivity index (χ4v) is 3.07. The molecule has 0 amide bonds. The highest BCUT2D eigenvalue weighted by Gasteiger charge is 2.16. The molecule has 0 radical (unpaired) electrons. The Morgan fingerprint density at radius 2 is 1.88 bits per heavy atom. The molecule has 0 aliphatic rings. The van der Waals surface area contributed by atoms with E-state index >= 15 is 0 Å². The number of hydrogen-bond acceptors (Lipinski definition) is 7. The number of benzene rings is 1. The number of aromatic nitrogens is 2. The summed E-state index contributed by atoms with van der Waals surface area (Å²) in [5, 5.41) is 0. The SMILES string of the molecule is COc1cc(NS(=O)(=O)c2ccc(-c3ccc(C=O)o3)cc2)ncn1. The van der Waals surface area contributed by atoms with Gasteiger partial charge in [-0.2, -0.15) is 0 Å². The third kappa shape index (κ3) is 3.66. The molecule has 1 aromatic carbocycles. The number of nitrogens with zero attached hydrogens (tertiary/aromatic N) is 2. The lowest BCUT2D eigenvalue weighted by Crippen LogP contribution is -2.14. The minimum atomic E-state index is -3.82. The molecule has 0 unspecified atom stereocenters. The van der Waals surface area contributed by atoms with Crippen molar-refractivity contribution in [2.45, 2.75) is 4.90 Å². The Kier molecular flexibility index (Phi) is 4.48. The largest absolute Gasteiger partial charge is 0.481 e. The number of methoxy groups -OCH3 is 1. The van der Waals surface area contributed by atoms with Crippen LogP contribution in [0.4, 0.5) is 5.82 Å². The van der Waals surface area contributed by atoms with Crippen LogP contribution in [-0.4, -0.2) is 31.8 Å². The maximum Gasteiger partial charge on any atom is 0.263 e. The molecule has 128 valence electrons. The van der Waals surface area contributed by atoms with Crippen LogP contribution in [0, 0.1) is 0 Å². The van der Waals surface area contributed by atoms with Crippen LogP contribution in [0.25, 0.3) is 11.3 Å². The summed E-state index contributed by atoms with van der Waals surface area (Å²) in [6.45, 7) is 0. The minimum Gasteiger partial charge on any atom is -0.481 e. The fraction of sp³-hybridized carbons (Fsp3) is 0.0625. The number of aldehydes is 1. The number of anilines is 1. The van der Waals surface area contributed by atoms with Gasteiger partial charge in [-0.15, -0.1) is 0 Å². The lowest BCUT2D eigenvalue weighted by atomic mass is 10.2. The molecule has 8 nitrogen and oxygen atoms in total. The lowest BCUT2D eigenvalue weighted by Gasteiger charge is -2.08. The summed E-state index contributed by atoms with van der Waals surface area (Å²) in [5.74, 6) is 1.01. The Labute approximate surface area is 143 Å². The van der Waals surface area contributed by atoms with Crippen LogP contribution in [0.3, 0.4) is 0 Å². The molecule has 2 aromatic heterocycles. The van der Waals surface area contributed by atoms with Crippen LogP contribution in [0.2, 0.25) is 0 Å². The summed E-state index contributed by atoms with van der Waals surface area (Å²) in [5.41, 5.74) is 0.649. The van der Waals surface area contributed by atoms with Crippen molar-refractivity contribution in [1.29, 1.82) is 0 Å². The summed E-state index contributed by atoms with van der Waals surface area (Å²) in [7, 11) is -2.40. The predicted octanol–water partition coefficient (Wildman–Crippen LogP) is 2.36. The van der Waals surface area contributed by atoms with Crippen LogP contribution in [0.15, 0.2) is 58.1 Å². The molecule has 3 aromatic rings. The molecule has 0 fully saturated rings. The van der Waals surface area contributed by atoms with E-state index < -0.39 is 10.0 Å². The van der Waals surface area contributed by atoms with Crippen molar-refractivity contribution in [2.24, 2.45) is 0 Å². The van der Waals surface area contributed by atoms with Crippen molar-refractivity contribution in [3.8, 4) is 17.2 Å². The van der Waals surface area contributed by atoms with E-state index in [1.165, 1.54) is 37.7 Å². The van der Waals surface area contributed by atoms with E-state index in [0.717, 1.165) is 0 Å². The first kappa shape index (κ1) is 16.7. The van der Waals surface area contributed by atoms with E-state index in [4.69, 9.17) is 9.15 Å². The van der Waals surface area contributed by atoms with Crippen LogP contribution < -0.4 is 9.46 Å². The number of ether oxygens (including phenoxy) is 1. The normalized spacial score (nSPS) is 11.1. The van der Waals surface area contributed by atoms with Crippen molar-refractivity contribution in [3.63, 3.8) is 0 Å². The molecule has 1 N–H and O–H groups in total. The van der Waals surface area contributed by atoms with Crippen molar-refractivity contribution >= 4 is 22.1 Å². The molecule has 0 aliphatic heterocycles. The molecule has 0 saturated carbocycles. The smallest absolute Gasteiger partial charge is 0.263 e. The van der Waals surface area contributed by atoms with Crippen molar-refractivity contribution < 1.29 is 22.4 Å². The molecule has 0 saturated heterocycles. The molecule has 0 aliphatic carbocycles. The van der Waals surface area contributed by atoms with E-state index in [2.05, 4.69) is 14.7 Å². The van der Waals surface area contributed by atoms with Gasteiger partial charge in [0.15, 0.2) is 12.0 Å². The summed E-state index contributed by atoms with van der Waals surface area (Å²) >= 11 is 0. The van der Waals surface area contributed by atoms with Crippen LogP contribution in [0.1, 0.15) is 10.6 Å². The van der Waals surface area contributed by atoms with Gasteiger partial charge < -0.3 is 9.15 Å². The second-order valence-corrected chi connectivity index (χ2v) is 6.58. The first-order valence-corrected chi connectivity index (χ1v) is 8.54. The predicted molar refractivity (Wildman–Crippen MR) is 88.9 cm³/mol. The molecular formula is C16H13N3O5S. The fourth-order valence-electron chi connectivity index (χ4n) is 2.07. The summed E-state index contributed by atoms with van der Waals surface area (Å²) in [6.07, 6.45) is 1.80. The van der Waals surface area contributed by atoms with Gasteiger partial charge >= 0.3 is 0 Å². The standard InChI is InChI=1S/C16H13N3O5S/c1-23-16-8-15(17-10-18-16)19-25(21,22)13-5-2-11(3-6-13)14-7-4-12(9-20)24-14/h2-10H,1H3,(H,17,18,19). The van der Waals surface area contributed by atoms with E-state index in [9.17, 15) is 13.2 Å². The third-order valence-corrected chi connectivity index (χ3v) is 4.65. The minimum absolute atomic E-state index is 0.0518. The molecule has 9 heteroatoms. The highest BCUT2D eigenvalue weighted by molar-refractivity contribution is 7.92. The zero-order valence-electron chi connectivity index (χ0n) is 13.0. The molecular weight excluding hydrogens is 346 g/mol. The monoisotopic (exact) mass is 359 g/mol. The Morgan fingerprint density at radius 3 is 2.52 bits per heavy atom. The Hall–Kier alpha value is -3.20. The van der Waals surface area contributed by atoms with Crippen molar-refractivity contribution in [3.05, 3.63) is 54.6 Å². The van der Waals surface area contributed by atoms with Gasteiger partial charge in [0.2, 0.25) is 5.88 Å². The molecule has 3 rings (SSSR count). The van der Waals surface area contributed by atoms with Gasteiger partial charge in [0.25, 0.3) is 10.0 Å². The second-order valence-electron chi connectivity index (χ2n) is 4.90. The summed E-state index contributed by atoms with van der Waals surface area (Å²) in [4.78, 5) is 18.4. The van der Waals surface area contributed by atoms with Gasteiger partial charge in [-0.3, -0.25) is 9.52 Å². The third-order valence-electron chi connectivity index (χ3n) is 3.28. The molecule has 0 bridgehead atoms. The maximum absolute atomic E-state index is 12.4. The average Bonchev–Trinajstić information content (AvgIpc) is 3.11. The van der Waals surface area contributed by atoms with E-state index in [0.29, 0.717) is 17.6 Å². The number of rotatable bonds is 6. The van der Waals surface area contributed by atoms with Crippen molar-refractivity contribution in [2.75, 3.05) is 11.8 Å². The van der Waals surface area contributed by atoms with Crippen LogP contribution >= 0.6 is 0 Å². The zero-order valence-corrected chi connectivity index (χ0v) is 13.9. The maximum atomic E-state index is 12.4. The van der Waals surface area contributed by atoms with Gasteiger partial charge in [0.1, 0.15) is 17.9 Å². The number of sulfonamides is 1. The van der Waals surface area contributed by atoms with Crippen LogP contribution in [0.5, 0.6) is 5.88 Å². The topological polar surface area (TPSA) is 111 Å². The second kappa shape index (κ2) is 6.73. The van der Waals surface area contributed by atoms with Gasteiger partial charge in [-0.05, 0) is 36.4 Å². The van der Waals surface area contributed by atoms with Gasteiger partial charge in [0, 0.05) is 11.6 Å². The molecule has 0 spiro atoms. The van der Waals surface area contributed by atoms with Crippen LogP contribution in [-0.2, 0) is 10.0 Å². The van der Waals surface area contributed by atoms with Crippen molar-refractivity contribution in [1.82, 2.24) is 9.97 Å². The molecule has 0 atom stereocenters. The summed E-state index contributed by atoms with van der Waals surface area (Å²) < 4.78 is 37.4. The number of nitrogens with one attached hydrogen (secondary N) is 1. The van der Waals surface area contributed by atoms with E-state index in [1.54, 1.807) is 18.2 Å². The zero-order chi connectivity index (χ0) is 17.9. The van der Waals surface area contributed by atoms with Gasteiger partial charge in [-0.25, -0.2) is 18.4 Å². The Bertz CT molecular complexity index is 997. The number of hydrogen-bond donors (Lipinski definition) is 1. The lowest BCUT2D eigenvalue weighted by molar-refractivity contribution is 0.110. The van der Waals surface area contributed by atoms with E-state index in [-0.39, 0.29) is 22.4 Å².